The molecule has 0 saturated heterocycles. The lowest BCUT2D eigenvalue weighted by molar-refractivity contribution is 0.968. The Hall–Kier alpha value is -7.42. The number of fused-ring (bicyclic) bond motifs is 6. The third kappa shape index (κ3) is 5.81. The number of allylic oxidation sites excluding steroid dienone is 1. The number of aryl methyl sites for hydroxylation is 1. The fraction of sp³-hybridized carbons (Fsp3) is 0.0357. The maximum Gasteiger partial charge on any atom is 0.0543 e. The highest BCUT2D eigenvalue weighted by Gasteiger charge is 2.23. The first kappa shape index (κ1) is 33.9. The van der Waals surface area contributed by atoms with Gasteiger partial charge in [0.2, 0.25) is 0 Å². The van der Waals surface area contributed by atoms with Gasteiger partial charge in [-0.05, 0) is 122 Å². The molecule has 1 aromatic heterocycles. The smallest absolute Gasteiger partial charge is 0.0543 e. The molecule has 0 aliphatic heterocycles. The average molecular weight is 741 g/mol. The summed E-state index contributed by atoms with van der Waals surface area (Å²) in [7, 11) is 0. The normalized spacial score (nSPS) is 12.3. The fourth-order valence-electron chi connectivity index (χ4n) is 9.15. The molecule has 2 nitrogen and oxygen atoms in total. The summed E-state index contributed by atoms with van der Waals surface area (Å²) in [5.74, 6) is 0. The van der Waals surface area contributed by atoms with E-state index in [-0.39, 0.29) is 0 Å². The van der Waals surface area contributed by atoms with Crippen LogP contribution in [0.3, 0.4) is 0 Å². The zero-order valence-corrected chi connectivity index (χ0v) is 32.1. The van der Waals surface area contributed by atoms with Gasteiger partial charge in [-0.25, -0.2) is 0 Å². The largest absolute Gasteiger partial charge is 0.310 e. The SMILES string of the molecule is C1=Cc2c(c3c(-c4cccc(N(c5ccc6c(ccc7ccccc76)c5)c5ccccc5-c5ccc(-c6ccccc6)cc5)c4)cccc3n2-c2ccccc2)CC1. The molecule has 0 saturated carbocycles. The monoisotopic (exact) mass is 740 g/mol. The summed E-state index contributed by atoms with van der Waals surface area (Å²) >= 11 is 0. The Morgan fingerprint density at radius 1 is 0.431 bits per heavy atom. The first-order chi connectivity index (χ1) is 28.8. The summed E-state index contributed by atoms with van der Waals surface area (Å²) in [6.07, 6.45) is 6.70. The van der Waals surface area contributed by atoms with Gasteiger partial charge < -0.3 is 9.47 Å². The van der Waals surface area contributed by atoms with Crippen LogP contribution in [0.4, 0.5) is 17.1 Å². The zero-order chi connectivity index (χ0) is 38.4. The van der Waals surface area contributed by atoms with Gasteiger partial charge >= 0.3 is 0 Å². The Morgan fingerprint density at radius 2 is 1.09 bits per heavy atom. The van der Waals surface area contributed by atoms with Gasteiger partial charge in [0.05, 0.1) is 11.2 Å². The lowest BCUT2D eigenvalue weighted by Crippen LogP contribution is -2.11. The molecule has 0 amide bonds. The molecule has 0 bridgehead atoms. The summed E-state index contributed by atoms with van der Waals surface area (Å²) in [5, 5.41) is 6.34. The summed E-state index contributed by atoms with van der Waals surface area (Å²) in [6, 6.07) is 75.3. The zero-order valence-electron chi connectivity index (χ0n) is 32.1. The van der Waals surface area contributed by atoms with Crippen molar-refractivity contribution in [2.24, 2.45) is 0 Å². The second kappa shape index (κ2) is 14.3. The summed E-state index contributed by atoms with van der Waals surface area (Å²) in [5.41, 5.74) is 15.7. The molecule has 0 N–H and O–H groups in total. The minimum absolute atomic E-state index is 1.02. The molecular weight excluding hydrogens is 701 g/mol. The highest BCUT2D eigenvalue weighted by Crippen LogP contribution is 2.45. The molecule has 0 radical (unpaired) electrons. The van der Waals surface area contributed by atoms with Crippen molar-refractivity contribution in [2.45, 2.75) is 12.8 Å². The standard InChI is InChI=1S/C56H40N2/c1-3-15-39(16-4-1)40-29-31-42(32-30-40)50-23-9-11-26-53(50)57(47-35-36-49-44(38-47)34-33-41-17-7-8-22-48(41)49)46-21-13-18-43(37-46)51-25-14-28-55-56(51)52-24-10-12-27-54(52)58(55)45-19-5-2-6-20-45/h1-9,11-23,25-38H,10,24H2. The van der Waals surface area contributed by atoms with Gasteiger partial charge in [0.1, 0.15) is 0 Å². The molecule has 9 aromatic carbocycles. The van der Waals surface area contributed by atoms with Crippen LogP contribution in [0.15, 0.2) is 212 Å². The molecule has 1 aliphatic carbocycles. The topological polar surface area (TPSA) is 8.17 Å². The van der Waals surface area contributed by atoms with Crippen LogP contribution < -0.4 is 4.90 Å². The molecule has 0 spiro atoms. The number of aromatic nitrogens is 1. The Balaban J connectivity index is 1.10. The molecule has 2 heteroatoms. The highest BCUT2D eigenvalue weighted by atomic mass is 15.1. The molecule has 0 unspecified atom stereocenters. The van der Waals surface area contributed by atoms with Crippen LogP contribution in [0.5, 0.6) is 0 Å². The Kier molecular flexibility index (Phi) is 8.33. The van der Waals surface area contributed by atoms with E-state index in [9.17, 15) is 0 Å². The molecule has 0 atom stereocenters. The number of benzene rings is 9. The highest BCUT2D eigenvalue weighted by molar-refractivity contribution is 6.09. The first-order valence-corrected chi connectivity index (χ1v) is 20.2. The maximum atomic E-state index is 2.45. The molecule has 274 valence electrons. The van der Waals surface area contributed by atoms with E-state index in [1.165, 1.54) is 82.8 Å². The average Bonchev–Trinajstić information content (AvgIpc) is 3.65. The first-order valence-electron chi connectivity index (χ1n) is 20.2. The molecule has 58 heavy (non-hydrogen) atoms. The van der Waals surface area contributed by atoms with Crippen LogP contribution in [0.2, 0.25) is 0 Å². The van der Waals surface area contributed by atoms with E-state index in [0.29, 0.717) is 0 Å². The van der Waals surface area contributed by atoms with Gasteiger partial charge in [-0.15, -0.1) is 0 Å². The van der Waals surface area contributed by atoms with E-state index in [1.54, 1.807) is 0 Å². The molecule has 10 aromatic rings. The molecule has 1 heterocycles. The fourth-order valence-corrected chi connectivity index (χ4v) is 9.15. The molecule has 1 aliphatic rings. The summed E-state index contributed by atoms with van der Waals surface area (Å²) < 4.78 is 2.44. The lowest BCUT2D eigenvalue weighted by Gasteiger charge is -2.29. The third-order valence-electron chi connectivity index (χ3n) is 11.8. The van der Waals surface area contributed by atoms with Crippen molar-refractivity contribution in [3.8, 4) is 39.1 Å². The summed E-state index contributed by atoms with van der Waals surface area (Å²) in [4.78, 5) is 2.45. The van der Waals surface area contributed by atoms with Crippen LogP contribution in [-0.4, -0.2) is 4.57 Å². The van der Waals surface area contributed by atoms with Crippen LogP contribution in [-0.2, 0) is 6.42 Å². The minimum atomic E-state index is 1.02. The van der Waals surface area contributed by atoms with E-state index in [4.69, 9.17) is 0 Å². The number of nitrogens with zero attached hydrogens (tertiary/aromatic N) is 2. The minimum Gasteiger partial charge on any atom is -0.310 e. The van der Waals surface area contributed by atoms with Gasteiger partial charge in [-0.3, -0.25) is 0 Å². The maximum absolute atomic E-state index is 2.45. The molecule has 11 rings (SSSR count). The van der Waals surface area contributed by atoms with Gasteiger partial charge in [0.15, 0.2) is 0 Å². The van der Waals surface area contributed by atoms with Crippen molar-refractivity contribution in [1.29, 1.82) is 0 Å². The van der Waals surface area contributed by atoms with E-state index in [2.05, 4.69) is 228 Å². The Morgan fingerprint density at radius 3 is 1.97 bits per heavy atom. The quantitative estimate of drug-likeness (QED) is 0.148. The van der Waals surface area contributed by atoms with Gasteiger partial charge in [0, 0.05) is 33.7 Å². The number of anilines is 3. The van der Waals surface area contributed by atoms with Gasteiger partial charge in [-0.1, -0.05) is 164 Å². The van der Waals surface area contributed by atoms with E-state index >= 15 is 0 Å². The molecular formula is C56H40N2. The van der Waals surface area contributed by atoms with Crippen molar-refractivity contribution in [3.63, 3.8) is 0 Å². The van der Waals surface area contributed by atoms with Gasteiger partial charge in [-0.2, -0.15) is 0 Å². The Bertz CT molecular complexity index is 3150. The summed E-state index contributed by atoms with van der Waals surface area (Å²) in [6.45, 7) is 0. The number of para-hydroxylation sites is 2. The van der Waals surface area contributed by atoms with E-state index < -0.39 is 0 Å². The number of rotatable bonds is 7. The molecule has 0 fully saturated rings. The third-order valence-corrected chi connectivity index (χ3v) is 11.8. The van der Waals surface area contributed by atoms with Crippen molar-refractivity contribution < 1.29 is 0 Å². The van der Waals surface area contributed by atoms with Crippen molar-refractivity contribution >= 4 is 55.6 Å². The van der Waals surface area contributed by atoms with E-state index in [1.807, 2.05) is 0 Å². The van der Waals surface area contributed by atoms with Crippen LogP contribution in [0, 0.1) is 0 Å². The lowest BCUT2D eigenvalue weighted by atomic mass is 9.94. The number of hydrogen-bond donors (Lipinski definition) is 0. The van der Waals surface area contributed by atoms with Crippen LogP contribution in [0.25, 0.3) is 77.6 Å². The van der Waals surface area contributed by atoms with Crippen molar-refractivity contribution in [2.75, 3.05) is 4.90 Å². The van der Waals surface area contributed by atoms with Crippen LogP contribution >= 0.6 is 0 Å². The number of hydrogen-bond acceptors (Lipinski definition) is 1. The predicted molar refractivity (Wildman–Crippen MR) is 247 cm³/mol. The van der Waals surface area contributed by atoms with E-state index in [0.717, 1.165) is 29.9 Å². The second-order valence-corrected chi connectivity index (χ2v) is 15.2. The Labute approximate surface area is 339 Å². The van der Waals surface area contributed by atoms with Crippen molar-refractivity contribution in [1.82, 2.24) is 4.57 Å². The van der Waals surface area contributed by atoms with Crippen molar-refractivity contribution in [3.05, 3.63) is 224 Å². The van der Waals surface area contributed by atoms with Crippen LogP contribution in [0.1, 0.15) is 17.7 Å². The van der Waals surface area contributed by atoms with Gasteiger partial charge in [0.25, 0.3) is 0 Å². The predicted octanol–water partition coefficient (Wildman–Crippen LogP) is 15.4. The second-order valence-electron chi connectivity index (χ2n) is 15.2.